The molecule has 0 radical (unpaired) electrons. The lowest BCUT2D eigenvalue weighted by molar-refractivity contribution is -0.138. The number of aliphatic hydroxyl groups is 1. The van der Waals surface area contributed by atoms with E-state index in [2.05, 4.69) is 25.6 Å². The summed E-state index contributed by atoms with van der Waals surface area (Å²) in [4.78, 5) is 11.1. The van der Waals surface area contributed by atoms with Crippen LogP contribution in [0.1, 0.15) is 37.0 Å². The number of nitrogens with zero attached hydrogens (tertiary/aromatic N) is 3. The molecule has 2 heterocycles. The molecule has 0 spiro atoms. The van der Waals surface area contributed by atoms with Crippen molar-refractivity contribution in [1.29, 1.82) is 0 Å². The van der Waals surface area contributed by atoms with Crippen LogP contribution < -0.4 is 10.6 Å². The quantitative estimate of drug-likeness (QED) is 0.570. The smallest absolute Gasteiger partial charge is 0.396 e. The van der Waals surface area contributed by atoms with Gasteiger partial charge in [0, 0.05) is 43.3 Å². The number of aliphatic hydroxyl groups excluding tert-OH is 1. The molecule has 0 aromatic carbocycles. The number of hydrogen-bond donors (Lipinski definition) is 3. The molecule has 12 heteroatoms. The Hall–Kier alpha value is -2.63. The van der Waals surface area contributed by atoms with Crippen LogP contribution in [-0.2, 0) is 18.9 Å². The molecule has 0 bridgehead atoms. The molecule has 31 heavy (non-hydrogen) atoms. The van der Waals surface area contributed by atoms with Gasteiger partial charge in [-0.25, -0.2) is 4.98 Å². The van der Waals surface area contributed by atoms with E-state index in [9.17, 15) is 31.4 Å². The Morgan fingerprint density at radius 2 is 1.77 bits per heavy atom. The molecule has 0 aliphatic heterocycles. The van der Waals surface area contributed by atoms with Crippen molar-refractivity contribution in [2.75, 3.05) is 17.2 Å². The maximum absolute atomic E-state index is 13.4. The van der Waals surface area contributed by atoms with Crippen LogP contribution in [0.5, 0.6) is 0 Å². The van der Waals surface area contributed by atoms with Crippen molar-refractivity contribution in [2.45, 2.75) is 45.2 Å². The topological polar surface area (TPSA) is 83.0 Å². The second kappa shape index (κ2) is 8.13. The highest BCUT2D eigenvalue weighted by atomic mass is 19.4. The van der Waals surface area contributed by atoms with Crippen LogP contribution in [0, 0.1) is 11.3 Å². The van der Waals surface area contributed by atoms with Crippen molar-refractivity contribution < 1.29 is 31.4 Å². The third kappa shape index (κ3) is 4.83. The van der Waals surface area contributed by atoms with E-state index in [1.54, 1.807) is 0 Å². The summed E-state index contributed by atoms with van der Waals surface area (Å²) in [5, 5.41) is 14.7. The van der Waals surface area contributed by atoms with Crippen molar-refractivity contribution in [2.24, 2.45) is 11.3 Å². The van der Waals surface area contributed by atoms with Gasteiger partial charge in [0.05, 0.1) is 5.56 Å². The van der Waals surface area contributed by atoms with Gasteiger partial charge in [0.25, 0.3) is 0 Å². The zero-order chi connectivity index (χ0) is 23.0. The molecule has 3 rings (SSSR count). The lowest BCUT2D eigenvalue weighted by Crippen LogP contribution is -2.55. The lowest BCUT2D eigenvalue weighted by Gasteiger charge is -2.52. The Labute approximate surface area is 174 Å². The minimum Gasteiger partial charge on any atom is -0.396 e. The van der Waals surface area contributed by atoms with Crippen LogP contribution in [0.4, 0.5) is 38.1 Å². The number of rotatable bonds is 6. The van der Waals surface area contributed by atoms with E-state index in [-0.39, 0.29) is 36.6 Å². The first-order valence-corrected chi connectivity index (χ1v) is 9.39. The largest absolute Gasteiger partial charge is 0.421 e. The van der Waals surface area contributed by atoms with E-state index >= 15 is 0 Å². The van der Waals surface area contributed by atoms with Gasteiger partial charge in [-0.3, -0.25) is 4.98 Å². The summed E-state index contributed by atoms with van der Waals surface area (Å²) in [6.45, 7) is 3.18. The highest BCUT2D eigenvalue weighted by molar-refractivity contribution is 5.50. The summed E-state index contributed by atoms with van der Waals surface area (Å²) in [7, 11) is 0. The van der Waals surface area contributed by atoms with E-state index < -0.39 is 34.7 Å². The molecule has 1 fully saturated rings. The predicted molar refractivity (Wildman–Crippen MR) is 100.0 cm³/mol. The molecular weight excluding hydrogens is 428 g/mol. The van der Waals surface area contributed by atoms with E-state index in [0.29, 0.717) is 12.6 Å². The maximum atomic E-state index is 13.4. The van der Waals surface area contributed by atoms with Crippen LogP contribution in [-0.4, -0.2) is 32.7 Å². The second-order valence-corrected chi connectivity index (χ2v) is 7.97. The monoisotopic (exact) mass is 449 g/mol. The SMILES string of the molecule is CC1(C)C(Nc2nc(NCc3cnccc3C(F)(F)F)ncc2C(F)(F)F)C[C@H]1CO. The molecule has 1 aliphatic carbocycles. The van der Waals surface area contributed by atoms with Gasteiger partial charge in [-0.15, -0.1) is 0 Å². The Morgan fingerprint density at radius 3 is 2.35 bits per heavy atom. The molecule has 1 unspecified atom stereocenters. The Kier molecular flexibility index (Phi) is 6.05. The number of anilines is 2. The zero-order valence-electron chi connectivity index (χ0n) is 16.6. The van der Waals surface area contributed by atoms with Crippen LogP contribution in [0.2, 0.25) is 0 Å². The minimum absolute atomic E-state index is 0.0647. The second-order valence-electron chi connectivity index (χ2n) is 7.97. The molecule has 1 aliphatic rings. The predicted octanol–water partition coefficient (Wildman–Crippen LogP) is 4.34. The van der Waals surface area contributed by atoms with Gasteiger partial charge in [0.1, 0.15) is 11.4 Å². The van der Waals surface area contributed by atoms with Crippen LogP contribution in [0.3, 0.4) is 0 Å². The van der Waals surface area contributed by atoms with Gasteiger partial charge >= 0.3 is 12.4 Å². The van der Waals surface area contributed by atoms with E-state index in [0.717, 1.165) is 18.5 Å². The first kappa shape index (κ1) is 23.0. The molecular formula is C19H21F6N5O. The van der Waals surface area contributed by atoms with E-state index in [1.807, 2.05) is 13.8 Å². The molecule has 3 N–H and O–H groups in total. The standard InChI is InChI=1S/C19H21F6N5O/c1-17(2)11(9-31)5-14(17)29-15-13(19(23,24)25)8-28-16(30-15)27-7-10-6-26-4-3-12(10)18(20,21)22/h3-4,6,8,11,14,31H,5,7,9H2,1-2H3,(H2,27,28,29,30)/t11-,14?/m0/s1. The molecule has 2 atom stereocenters. The summed E-state index contributed by atoms with van der Waals surface area (Å²) < 4.78 is 79.5. The van der Waals surface area contributed by atoms with Gasteiger partial charge in [0.2, 0.25) is 5.95 Å². The van der Waals surface area contributed by atoms with Crippen molar-refractivity contribution in [3.63, 3.8) is 0 Å². The molecule has 2 aromatic rings. The van der Waals surface area contributed by atoms with Crippen molar-refractivity contribution >= 4 is 11.8 Å². The van der Waals surface area contributed by atoms with Gasteiger partial charge in [0.15, 0.2) is 0 Å². The van der Waals surface area contributed by atoms with Gasteiger partial charge < -0.3 is 15.7 Å². The third-order valence-electron chi connectivity index (χ3n) is 5.74. The number of nitrogens with one attached hydrogen (secondary N) is 2. The molecule has 2 aromatic heterocycles. The zero-order valence-corrected chi connectivity index (χ0v) is 16.6. The highest BCUT2D eigenvalue weighted by Crippen LogP contribution is 2.48. The average molecular weight is 449 g/mol. The Morgan fingerprint density at radius 1 is 1.10 bits per heavy atom. The number of pyridine rings is 1. The maximum Gasteiger partial charge on any atom is 0.421 e. The van der Waals surface area contributed by atoms with Crippen LogP contribution >= 0.6 is 0 Å². The molecule has 170 valence electrons. The first-order valence-electron chi connectivity index (χ1n) is 9.39. The summed E-state index contributed by atoms with van der Waals surface area (Å²) >= 11 is 0. The third-order valence-corrected chi connectivity index (χ3v) is 5.74. The van der Waals surface area contributed by atoms with Gasteiger partial charge in [-0.1, -0.05) is 13.8 Å². The Balaban J connectivity index is 1.83. The van der Waals surface area contributed by atoms with Crippen molar-refractivity contribution in [1.82, 2.24) is 15.0 Å². The molecule has 0 amide bonds. The minimum atomic E-state index is -4.72. The molecule has 1 saturated carbocycles. The summed E-state index contributed by atoms with van der Waals surface area (Å²) in [5.41, 5.74) is -2.66. The number of hydrogen-bond acceptors (Lipinski definition) is 6. The van der Waals surface area contributed by atoms with Crippen LogP contribution in [0.25, 0.3) is 0 Å². The van der Waals surface area contributed by atoms with Crippen molar-refractivity contribution in [3.05, 3.63) is 41.3 Å². The number of alkyl halides is 6. The molecule has 6 nitrogen and oxygen atoms in total. The van der Waals surface area contributed by atoms with Gasteiger partial charge in [-0.2, -0.15) is 31.3 Å². The normalized spacial score (nSPS) is 20.8. The number of aromatic nitrogens is 3. The summed E-state index contributed by atoms with van der Waals surface area (Å²) in [6, 6.07) is 0.442. The fraction of sp³-hybridized carbons (Fsp3) is 0.526. The fourth-order valence-corrected chi connectivity index (χ4v) is 3.54. The fourth-order valence-electron chi connectivity index (χ4n) is 3.54. The lowest BCUT2D eigenvalue weighted by atomic mass is 9.59. The van der Waals surface area contributed by atoms with Crippen molar-refractivity contribution in [3.8, 4) is 0 Å². The average Bonchev–Trinajstić information content (AvgIpc) is 2.68. The first-order chi connectivity index (χ1) is 14.3. The summed E-state index contributed by atoms with van der Waals surface area (Å²) in [5.74, 6) is -0.796. The van der Waals surface area contributed by atoms with E-state index in [4.69, 9.17) is 0 Å². The summed E-state index contributed by atoms with van der Waals surface area (Å²) in [6.07, 6.45) is -6.27. The number of halogens is 6. The highest BCUT2D eigenvalue weighted by Gasteiger charge is 2.48. The molecule has 0 saturated heterocycles. The van der Waals surface area contributed by atoms with E-state index in [1.165, 1.54) is 0 Å². The Bertz CT molecular complexity index is 931. The van der Waals surface area contributed by atoms with Crippen LogP contribution in [0.15, 0.2) is 24.7 Å². The van der Waals surface area contributed by atoms with Gasteiger partial charge in [-0.05, 0) is 23.8 Å².